The quantitative estimate of drug-likeness (QED) is 0.684. The molecule has 0 aliphatic carbocycles. The summed E-state index contributed by atoms with van der Waals surface area (Å²) in [6, 6.07) is 8.23. The van der Waals surface area contributed by atoms with E-state index in [0.29, 0.717) is 6.61 Å². The van der Waals surface area contributed by atoms with Crippen LogP contribution in [0.15, 0.2) is 43.0 Å². The Morgan fingerprint density at radius 2 is 2.27 bits per heavy atom. The highest BCUT2D eigenvalue weighted by atomic mass is 16.5. The molecule has 1 aromatic carbocycles. The van der Waals surface area contributed by atoms with Crippen molar-refractivity contribution in [2.24, 2.45) is 7.05 Å². The topological polar surface area (TPSA) is 54.1 Å². The minimum Gasteiger partial charge on any atom is -0.491 e. The van der Waals surface area contributed by atoms with Gasteiger partial charge in [-0.1, -0.05) is 12.1 Å². The molecule has 1 aliphatic heterocycles. The molecular formula is C20H24N4O2. The van der Waals surface area contributed by atoms with Crippen LogP contribution in [-0.2, 0) is 18.3 Å². The van der Waals surface area contributed by atoms with E-state index in [-0.39, 0.29) is 6.10 Å². The van der Waals surface area contributed by atoms with E-state index in [2.05, 4.69) is 26.8 Å². The molecule has 0 amide bonds. The first kappa shape index (κ1) is 16.8. The average Bonchev–Trinajstić information content (AvgIpc) is 3.35. The summed E-state index contributed by atoms with van der Waals surface area (Å²) >= 11 is 0. The highest BCUT2D eigenvalue weighted by Crippen LogP contribution is 2.24. The Morgan fingerprint density at radius 3 is 3.04 bits per heavy atom. The Morgan fingerprint density at radius 1 is 1.35 bits per heavy atom. The molecule has 6 heteroatoms. The molecule has 0 saturated carbocycles. The lowest BCUT2D eigenvalue weighted by Crippen LogP contribution is -2.16. The normalized spacial score (nSPS) is 16.9. The second-order valence-electron chi connectivity index (χ2n) is 6.80. The number of benzene rings is 1. The zero-order valence-corrected chi connectivity index (χ0v) is 15.3. The van der Waals surface area contributed by atoms with E-state index in [0.717, 1.165) is 48.7 Å². The second-order valence-corrected chi connectivity index (χ2v) is 6.80. The highest BCUT2D eigenvalue weighted by Gasteiger charge is 2.16. The van der Waals surface area contributed by atoms with Crippen LogP contribution in [0, 0.1) is 6.92 Å². The molecule has 1 fully saturated rings. The third-order valence-corrected chi connectivity index (χ3v) is 4.71. The van der Waals surface area contributed by atoms with E-state index < -0.39 is 0 Å². The number of nitrogens with zero attached hydrogens (tertiary/aromatic N) is 4. The van der Waals surface area contributed by atoms with E-state index in [1.165, 1.54) is 5.56 Å². The van der Waals surface area contributed by atoms with Crippen LogP contribution in [0.5, 0.6) is 5.75 Å². The molecule has 1 atom stereocenters. The number of hydrogen-bond donors (Lipinski definition) is 0. The molecule has 0 radical (unpaired) electrons. The van der Waals surface area contributed by atoms with Crippen molar-refractivity contribution in [3.05, 3.63) is 54.2 Å². The molecule has 6 nitrogen and oxygen atoms in total. The fourth-order valence-electron chi connectivity index (χ4n) is 3.42. The fourth-order valence-corrected chi connectivity index (χ4v) is 3.42. The molecule has 3 aromatic rings. The molecule has 4 rings (SSSR count). The van der Waals surface area contributed by atoms with Crippen molar-refractivity contribution in [2.75, 3.05) is 13.2 Å². The van der Waals surface area contributed by atoms with Crippen LogP contribution in [-0.4, -0.2) is 38.6 Å². The summed E-state index contributed by atoms with van der Waals surface area (Å²) in [6.07, 6.45) is 8.23. The van der Waals surface area contributed by atoms with Crippen molar-refractivity contribution in [1.82, 2.24) is 19.3 Å². The Labute approximate surface area is 153 Å². The van der Waals surface area contributed by atoms with Crippen LogP contribution in [0.2, 0.25) is 0 Å². The maximum atomic E-state index is 5.92. The monoisotopic (exact) mass is 352 g/mol. The van der Waals surface area contributed by atoms with Crippen molar-refractivity contribution in [3.8, 4) is 17.0 Å². The Bertz CT molecular complexity index is 878. The minimum absolute atomic E-state index is 0.229. The number of aromatic nitrogens is 4. The van der Waals surface area contributed by atoms with Crippen LogP contribution in [0.3, 0.4) is 0 Å². The standard InChI is InChI=1S/C20H24N4O2/c1-15-19(12-23(2)22-15)20-10-21-14-24(20)11-16-5-3-6-17(9-16)26-13-18-7-4-8-25-18/h3,5-6,9-10,12,14,18H,4,7-8,11,13H2,1-2H3. The summed E-state index contributed by atoms with van der Waals surface area (Å²) in [4.78, 5) is 4.33. The van der Waals surface area contributed by atoms with Gasteiger partial charge in [-0.3, -0.25) is 4.68 Å². The van der Waals surface area contributed by atoms with Crippen LogP contribution >= 0.6 is 0 Å². The molecule has 1 unspecified atom stereocenters. The zero-order chi connectivity index (χ0) is 17.9. The van der Waals surface area contributed by atoms with Crippen molar-refractivity contribution >= 4 is 0 Å². The predicted molar refractivity (Wildman–Crippen MR) is 99.2 cm³/mol. The number of hydrogen-bond acceptors (Lipinski definition) is 4. The van der Waals surface area contributed by atoms with E-state index in [1.54, 1.807) is 0 Å². The van der Waals surface area contributed by atoms with E-state index in [9.17, 15) is 0 Å². The lowest BCUT2D eigenvalue weighted by Gasteiger charge is -2.13. The average molecular weight is 352 g/mol. The van der Waals surface area contributed by atoms with Crippen molar-refractivity contribution in [3.63, 3.8) is 0 Å². The lowest BCUT2D eigenvalue weighted by atomic mass is 10.1. The van der Waals surface area contributed by atoms with Gasteiger partial charge in [-0.25, -0.2) is 4.98 Å². The third-order valence-electron chi connectivity index (χ3n) is 4.71. The van der Waals surface area contributed by atoms with Crippen LogP contribution < -0.4 is 4.74 Å². The van der Waals surface area contributed by atoms with E-state index in [4.69, 9.17) is 9.47 Å². The molecule has 1 saturated heterocycles. The van der Waals surface area contributed by atoms with Crippen molar-refractivity contribution in [2.45, 2.75) is 32.4 Å². The van der Waals surface area contributed by atoms with Crippen LogP contribution in [0.25, 0.3) is 11.3 Å². The first-order valence-corrected chi connectivity index (χ1v) is 9.03. The maximum Gasteiger partial charge on any atom is 0.119 e. The lowest BCUT2D eigenvalue weighted by molar-refractivity contribution is 0.0679. The first-order chi connectivity index (χ1) is 12.7. The van der Waals surface area contributed by atoms with Gasteiger partial charge in [0.2, 0.25) is 0 Å². The van der Waals surface area contributed by atoms with Crippen molar-refractivity contribution < 1.29 is 9.47 Å². The Kier molecular flexibility index (Phi) is 4.75. The maximum absolute atomic E-state index is 5.92. The number of rotatable bonds is 6. The molecular weight excluding hydrogens is 328 g/mol. The molecule has 3 heterocycles. The summed E-state index contributed by atoms with van der Waals surface area (Å²) in [7, 11) is 1.94. The largest absolute Gasteiger partial charge is 0.491 e. The molecule has 0 bridgehead atoms. The molecule has 26 heavy (non-hydrogen) atoms. The van der Waals surface area contributed by atoms with E-state index >= 15 is 0 Å². The smallest absolute Gasteiger partial charge is 0.119 e. The van der Waals surface area contributed by atoms with Gasteiger partial charge < -0.3 is 14.0 Å². The molecule has 0 spiro atoms. The summed E-state index contributed by atoms with van der Waals surface area (Å²) in [5, 5.41) is 4.44. The number of aryl methyl sites for hydroxylation is 2. The van der Waals surface area contributed by atoms with Gasteiger partial charge in [0.15, 0.2) is 0 Å². The van der Waals surface area contributed by atoms with Crippen LogP contribution in [0.4, 0.5) is 0 Å². The van der Waals surface area contributed by atoms with Crippen LogP contribution in [0.1, 0.15) is 24.1 Å². The van der Waals surface area contributed by atoms with Gasteiger partial charge in [0.1, 0.15) is 12.4 Å². The fraction of sp³-hybridized carbons (Fsp3) is 0.400. The molecule has 1 aliphatic rings. The van der Waals surface area contributed by atoms with Gasteiger partial charge in [-0.05, 0) is 37.5 Å². The van der Waals surface area contributed by atoms with Gasteiger partial charge in [0.25, 0.3) is 0 Å². The Balaban J connectivity index is 1.49. The SMILES string of the molecule is Cc1nn(C)cc1-c1cncn1Cc1cccc(OCC2CCCO2)c1. The summed E-state index contributed by atoms with van der Waals surface area (Å²) in [5.74, 6) is 0.886. The summed E-state index contributed by atoms with van der Waals surface area (Å²) < 4.78 is 15.5. The molecule has 0 N–H and O–H groups in total. The molecule has 136 valence electrons. The van der Waals surface area contributed by atoms with Crippen molar-refractivity contribution in [1.29, 1.82) is 0 Å². The van der Waals surface area contributed by atoms with E-state index in [1.807, 2.05) is 49.5 Å². The van der Waals surface area contributed by atoms with Gasteiger partial charge in [-0.15, -0.1) is 0 Å². The van der Waals surface area contributed by atoms with Gasteiger partial charge in [0, 0.05) is 32.0 Å². The third kappa shape index (κ3) is 3.65. The van der Waals surface area contributed by atoms with Gasteiger partial charge in [-0.2, -0.15) is 5.10 Å². The second kappa shape index (κ2) is 7.33. The summed E-state index contributed by atoms with van der Waals surface area (Å²) in [6.45, 7) is 4.23. The van der Waals surface area contributed by atoms with Gasteiger partial charge in [0.05, 0.1) is 30.0 Å². The number of imidazole rings is 1. The minimum atomic E-state index is 0.229. The number of ether oxygens (including phenoxy) is 2. The van der Waals surface area contributed by atoms with Gasteiger partial charge >= 0.3 is 0 Å². The zero-order valence-electron chi connectivity index (χ0n) is 15.3. The first-order valence-electron chi connectivity index (χ1n) is 9.03. The summed E-state index contributed by atoms with van der Waals surface area (Å²) in [5.41, 5.74) is 4.36. The predicted octanol–water partition coefficient (Wildman–Crippen LogP) is 3.20. The molecule has 2 aromatic heterocycles. The highest BCUT2D eigenvalue weighted by molar-refractivity contribution is 5.60. The Hall–Kier alpha value is -2.60.